The molecule has 0 saturated carbocycles. The summed E-state index contributed by atoms with van der Waals surface area (Å²) >= 11 is 0. The summed E-state index contributed by atoms with van der Waals surface area (Å²) in [6.45, 7) is 4.10. The average molecular weight is 226 g/mol. The van der Waals surface area contributed by atoms with Gasteiger partial charge in [0, 0.05) is 0 Å². The summed E-state index contributed by atoms with van der Waals surface area (Å²) in [6.07, 6.45) is 2.34. The van der Waals surface area contributed by atoms with Crippen molar-refractivity contribution >= 4 is 10.8 Å². The van der Waals surface area contributed by atoms with E-state index in [2.05, 4.69) is 30.3 Å². The van der Waals surface area contributed by atoms with Crippen LogP contribution in [0.5, 0.6) is 0 Å². The molecular weight excluding hydrogens is 208 g/mol. The highest BCUT2D eigenvalue weighted by Gasteiger charge is 2.06. The normalized spacial score (nSPS) is 12.4. The number of hydrogen-bond donors (Lipinski definition) is 1. The highest BCUT2D eigenvalue weighted by Crippen LogP contribution is 2.22. The summed E-state index contributed by atoms with van der Waals surface area (Å²) in [7, 11) is 0. The van der Waals surface area contributed by atoms with Crippen LogP contribution in [0.25, 0.3) is 10.8 Å². The fourth-order valence-corrected chi connectivity index (χ4v) is 1.90. The number of rotatable bonds is 3. The van der Waals surface area contributed by atoms with Gasteiger partial charge in [0.2, 0.25) is 0 Å². The molecule has 0 bridgehead atoms. The molecule has 1 atom stereocenters. The average Bonchev–Trinajstić information content (AvgIpc) is 2.35. The molecule has 0 fully saturated rings. The zero-order valence-electron chi connectivity index (χ0n) is 10.4. The molecule has 0 heterocycles. The standard InChI is InChI=1S/C16H18O/c1-12(2)7-10-16(17)15-9-8-13-5-3-4-6-14(13)11-15/h3-9,11,16-17H,10H2,1-2H3/t16-/m0/s1. The lowest BCUT2D eigenvalue weighted by Crippen LogP contribution is -1.95. The van der Waals surface area contributed by atoms with Crippen molar-refractivity contribution in [1.29, 1.82) is 0 Å². The van der Waals surface area contributed by atoms with Crippen LogP contribution in [-0.4, -0.2) is 5.11 Å². The van der Waals surface area contributed by atoms with E-state index in [1.165, 1.54) is 16.3 Å². The Balaban J connectivity index is 2.26. The van der Waals surface area contributed by atoms with Gasteiger partial charge in [-0.25, -0.2) is 0 Å². The number of aliphatic hydroxyl groups is 1. The minimum atomic E-state index is -0.408. The van der Waals surface area contributed by atoms with Crippen molar-refractivity contribution in [1.82, 2.24) is 0 Å². The molecule has 0 aromatic heterocycles. The molecule has 1 N–H and O–H groups in total. The Hall–Kier alpha value is -1.60. The van der Waals surface area contributed by atoms with Crippen LogP contribution < -0.4 is 0 Å². The van der Waals surface area contributed by atoms with Gasteiger partial charge in [-0.2, -0.15) is 0 Å². The van der Waals surface area contributed by atoms with Crippen LogP contribution in [0.1, 0.15) is 31.9 Å². The predicted molar refractivity (Wildman–Crippen MR) is 73.0 cm³/mol. The SMILES string of the molecule is CC(C)=CC[C@H](O)c1ccc2ccccc2c1. The van der Waals surface area contributed by atoms with Crippen molar-refractivity contribution in [2.24, 2.45) is 0 Å². The molecule has 2 aromatic carbocycles. The van der Waals surface area contributed by atoms with Crippen molar-refractivity contribution in [2.75, 3.05) is 0 Å². The molecule has 2 rings (SSSR count). The van der Waals surface area contributed by atoms with E-state index in [0.717, 1.165) is 5.56 Å². The molecule has 0 radical (unpaired) electrons. The lowest BCUT2D eigenvalue weighted by Gasteiger charge is -2.10. The third-order valence-corrected chi connectivity index (χ3v) is 2.91. The molecule has 1 heteroatoms. The quantitative estimate of drug-likeness (QED) is 0.776. The monoisotopic (exact) mass is 226 g/mol. The minimum absolute atomic E-state index is 0.408. The van der Waals surface area contributed by atoms with Gasteiger partial charge in [0.05, 0.1) is 6.10 Å². The van der Waals surface area contributed by atoms with Crippen molar-refractivity contribution in [3.63, 3.8) is 0 Å². The Kier molecular flexibility index (Phi) is 3.60. The van der Waals surface area contributed by atoms with Crippen molar-refractivity contribution in [3.8, 4) is 0 Å². The van der Waals surface area contributed by atoms with Crippen LogP contribution >= 0.6 is 0 Å². The van der Waals surface area contributed by atoms with E-state index in [1.54, 1.807) is 0 Å². The molecule has 0 saturated heterocycles. The molecule has 0 unspecified atom stereocenters. The summed E-state index contributed by atoms with van der Waals surface area (Å²) in [5.74, 6) is 0. The summed E-state index contributed by atoms with van der Waals surface area (Å²) in [5, 5.41) is 12.5. The molecule has 0 amide bonds. The molecule has 88 valence electrons. The van der Waals surface area contributed by atoms with Gasteiger partial charge < -0.3 is 5.11 Å². The second-order valence-electron chi connectivity index (χ2n) is 4.64. The van der Waals surface area contributed by atoms with E-state index < -0.39 is 6.10 Å². The molecule has 0 spiro atoms. The largest absolute Gasteiger partial charge is 0.388 e. The topological polar surface area (TPSA) is 20.2 Å². The van der Waals surface area contributed by atoms with E-state index in [1.807, 2.05) is 32.0 Å². The number of benzene rings is 2. The van der Waals surface area contributed by atoms with Crippen molar-refractivity contribution in [3.05, 3.63) is 59.7 Å². The van der Waals surface area contributed by atoms with Gasteiger partial charge in [-0.15, -0.1) is 0 Å². The van der Waals surface area contributed by atoms with Gasteiger partial charge in [0.25, 0.3) is 0 Å². The maximum absolute atomic E-state index is 10.1. The minimum Gasteiger partial charge on any atom is -0.388 e. The summed E-state index contributed by atoms with van der Waals surface area (Å²) in [6, 6.07) is 14.4. The lowest BCUT2D eigenvalue weighted by atomic mass is 10.0. The predicted octanol–water partition coefficient (Wildman–Crippen LogP) is 4.23. The number of aliphatic hydroxyl groups excluding tert-OH is 1. The molecule has 2 aromatic rings. The van der Waals surface area contributed by atoms with Crippen LogP contribution in [0.4, 0.5) is 0 Å². The molecule has 0 aliphatic rings. The summed E-state index contributed by atoms with van der Waals surface area (Å²) in [4.78, 5) is 0. The van der Waals surface area contributed by atoms with Gasteiger partial charge >= 0.3 is 0 Å². The Morgan fingerprint density at radius 1 is 1.12 bits per heavy atom. The highest BCUT2D eigenvalue weighted by molar-refractivity contribution is 5.83. The first-order valence-corrected chi connectivity index (χ1v) is 5.97. The third-order valence-electron chi connectivity index (χ3n) is 2.91. The van der Waals surface area contributed by atoms with Crippen molar-refractivity contribution in [2.45, 2.75) is 26.4 Å². The Morgan fingerprint density at radius 3 is 2.53 bits per heavy atom. The van der Waals surface area contributed by atoms with Gasteiger partial charge in [-0.05, 0) is 42.7 Å². The Bertz CT molecular complexity index is 536. The van der Waals surface area contributed by atoms with E-state index in [4.69, 9.17) is 0 Å². The zero-order chi connectivity index (χ0) is 12.3. The molecule has 17 heavy (non-hydrogen) atoms. The summed E-state index contributed by atoms with van der Waals surface area (Å²) in [5.41, 5.74) is 2.23. The maximum Gasteiger partial charge on any atom is 0.0824 e. The van der Waals surface area contributed by atoms with Gasteiger partial charge in [-0.1, -0.05) is 48.0 Å². The van der Waals surface area contributed by atoms with Crippen LogP contribution in [0, 0.1) is 0 Å². The molecular formula is C16H18O. The zero-order valence-corrected chi connectivity index (χ0v) is 10.4. The summed E-state index contributed by atoms with van der Waals surface area (Å²) < 4.78 is 0. The Morgan fingerprint density at radius 2 is 1.82 bits per heavy atom. The van der Waals surface area contributed by atoms with Crippen LogP contribution in [0.2, 0.25) is 0 Å². The van der Waals surface area contributed by atoms with Crippen molar-refractivity contribution < 1.29 is 5.11 Å². The van der Waals surface area contributed by atoms with E-state index >= 15 is 0 Å². The van der Waals surface area contributed by atoms with E-state index in [-0.39, 0.29) is 0 Å². The molecule has 0 aliphatic heterocycles. The first-order valence-electron chi connectivity index (χ1n) is 5.97. The molecule has 0 aliphatic carbocycles. The number of hydrogen-bond acceptors (Lipinski definition) is 1. The number of allylic oxidation sites excluding steroid dienone is 1. The number of fused-ring (bicyclic) bond motifs is 1. The first kappa shape index (κ1) is 11.9. The van der Waals surface area contributed by atoms with Crippen LogP contribution in [0.15, 0.2) is 54.1 Å². The van der Waals surface area contributed by atoms with Gasteiger partial charge in [-0.3, -0.25) is 0 Å². The smallest absolute Gasteiger partial charge is 0.0824 e. The maximum atomic E-state index is 10.1. The first-order chi connectivity index (χ1) is 8.16. The third kappa shape index (κ3) is 2.95. The van der Waals surface area contributed by atoms with E-state index in [9.17, 15) is 5.11 Å². The van der Waals surface area contributed by atoms with Gasteiger partial charge in [0.1, 0.15) is 0 Å². The fraction of sp³-hybridized carbons (Fsp3) is 0.250. The Labute approximate surface area is 102 Å². The lowest BCUT2D eigenvalue weighted by molar-refractivity contribution is 0.181. The fourth-order valence-electron chi connectivity index (χ4n) is 1.90. The highest BCUT2D eigenvalue weighted by atomic mass is 16.3. The second kappa shape index (κ2) is 5.15. The molecule has 1 nitrogen and oxygen atoms in total. The van der Waals surface area contributed by atoms with Crippen LogP contribution in [0.3, 0.4) is 0 Å². The second-order valence-corrected chi connectivity index (χ2v) is 4.64. The van der Waals surface area contributed by atoms with Gasteiger partial charge in [0.15, 0.2) is 0 Å². The van der Waals surface area contributed by atoms with E-state index in [0.29, 0.717) is 6.42 Å². The van der Waals surface area contributed by atoms with Crippen LogP contribution in [-0.2, 0) is 0 Å².